The molecule has 1 saturated heterocycles. The molecule has 2 heterocycles. The highest BCUT2D eigenvalue weighted by Gasteiger charge is 2.78. The number of ether oxygens (including phenoxy) is 5. The van der Waals surface area contributed by atoms with Crippen LogP contribution in [-0.4, -0.2) is 105 Å². The van der Waals surface area contributed by atoms with Gasteiger partial charge in [-0.25, -0.2) is 9.59 Å². The number of nitrogens with one attached hydrogen (secondary N) is 1. The fourth-order valence-electron chi connectivity index (χ4n) is 9.99. The number of benzene rings is 2. The Balaban J connectivity index is 1.39. The molecule has 4 N–H and O–H groups in total. The van der Waals surface area contributed by atoms with Crippen molar-refractivity contribution in [1.82, 2.24) is 5.32 Å². The van der Waals surface area contributed by atoms with Crippen LogP contribution in [0.3, 0.4) is 0 Å². The zero-order chi connectivity index (χ0) is 44.2. The molecule has 3 aliphatic carbocycles. The van der Waals surface area contributed by atoms with Crippen LogP contribution < -0.4 is 5.32 Å². The minimum atomic E-state index is -2.40. The normalized spacial score (nSPS) is 32.2. The first kappa shape index (κ1) is 43.4. The standard InChI is InChI=1S/C45H49NO15/c1-23-29(59-41(54)34(50)33(26-14-9-7-10-15-26)46-39(52)28-18-13-19-56-28)21-45(55)38(60-40(53)27-16-11-8-12-17-27)36-43(6,30(49)20-31-44(36,22-57-31)61-25(3)48)37(51)35(58-24(2)47)32(23)42(45,4)5/h7-19,29-31,33-36,38,49-50,55H,20-22H2,1-6H3,(H,46,52)/t29-,30+,31+,33+,34-,35-,36+,38+,43-,44+,45+/m1/s1. The van der Waals surface area contributed by atoms with Crippen LogP contribution in [0.5, 0.6) is 0 Å². The van der Waals surface area contributed by atoms with Gasteiger partial charge in [0.1, 0.15) is 23.9 Å². The van der Waals surface area contributed by atoms with E-state index in [1.165, 1.54) is 44.4 Å². The average Bonchev–Trinajstić information content (AvgIpc) is 3.77. The number of hydrogen-bond acceptors (Lipinski definition) is 15. The van der Waals surface area contributed by atoms with Crippen LogP contribution in [0.15, 0.2) is 94.6 Å². The number of hydrogen-bond donors (Lipinski definition) is 4. The molecular weight excluding hydrogens is 794 g/mol. The average molecular weight is 844 g/mol. The van der Waals surface area contributed by atoms with Gasteiger partial charge in [0, 0.05) is 32.1 Å². The molecule has 1 aliphatic heterocycles. The summed E-state index contributed by atoms with van der Waals surface area (Å²) in [5.74, 6) is -7.15. The zero-order valence-corrected chi connectivity index (χ0v) is 34.5. The van der Waals surface area contributed by atoms with Gasteiger partial charge in [-0.05, 0) is 54.8 Å². The highest BCUT2D eigenvalue weighted by molar-refractivity contribution is 5.96. The number of aliphatic hydroxyl groups is 3. The van der Waals surface area contributed by atoms with Crippen molar-refractivity contribution in [2.24, 2.45) is 16.7 Å². The Hall–Kier alpha value is -5.68. The maximum Gasteiger partial charge on any atom is 0.338 e. The van der Waals surface area contributed by atoms with Crippen molar-refractivity contribution in [3.05, 3.63) is 107 Å². The third-order valence-corrected chi connectivity index (χ3v) is 13.2. The topological polar surface area (TPSA) is 234 Å². The van der Waals surface area contributed by atoms with E-state index in [-0.39, 0.29) is 35.5 Å². The number of carbonyl (C=O) groups excluding carboxylic acids is 6. The molecule has 3 fully saturated rings. The molecule has 2 saturated carbocycles. The Kier molecular flexibility index (Phi) is 11.4. The summed E-state index contributed by atoms with van der Waals surface area (Å²) in [7, 11) is 0. The third-order valence-electron chi connectivity index (χ3n) is 13.2. The molecule has 4 aliphatic rings. The third kappa shape index (κ3) is 7.14. The molecule has 0 spiro atoms. The Morgan fingerprint density at radius 1 is 0.885 bits per heavy atom. The molecule has 16 heteroatoms. The summed E-state index contributed by atoms with van der Waals surface area (Å²) in [6.45, 7) is 7.92. The van der Waals surface area contributed by atoms with Crippen LogP contribution in [0.1, 0.15) is 86.9 Å². The second kappa shape index (κ2) is 16.0. The molecule has 16 nitrogen and oxygen atoms in total. The Labute approximate surface area is 351 Å². The molecule has 2 bridgehead atoms. The number of amides is 1. The number of furan rings is 1. The van der Waals surface area contributed by atoms with Gasteiger partial charge in [0.2, 0.25) is 0 Å². The molecule has 2 aromatic carbocycles. The van der Waals surface area contributed by atoms with E-state index in [2.05, 4.69) is 5.32 Å². The van der Waals surface area contributed by atoms with Gasteiger partial charge in [-0.3, -0.25) is 19.2 Å². The van der Waals surface area contributed by atoms with E-state index < -0.39 is 113 Å². The number of aliphatic hydroxyl groups excluding tert-OH is 2. The molecule has 324 valence electrons. The molecule has 61 heavy (non-hydrogen) atoms. The summed E-state index contributed by atoms with van der Waals surface area (Å²) in [6, 6.07) is 17.5. The summed E-state index contributed by atoms with van der Waals surface area (Å²) < 4.78 is 35.4. The van der Waals surface area contributed by atoms with E-state index in [1.54, 1.807) is 62.4 Å². The largest absolute Gasteiger partial charge is 0.459 e. The fourth-order valence-corrected chi connectivity index (χ4v) is 9.99. The number of Topliss-reactive ketones (excluding diaryl/α,β-unsaturated/α-hetero) is 1. The van der Waals surface area contributed by atoms with Gasteiger partial charge in [-0.1, -0.05) is 62.4 Å². The highest BCUT2D eigenvalue weighted by Crippen LogP contribution is 2.64. The van der Waals surface area contributed by atoms with Crippen LogP contribution in [0, 0.1) is 16.7 Å². The van der Waals surface area contributed by atoms with Crippen LogP contribution in [0.2, 0.25) is 0 Å². The van der Waals surface area contributed by atoms with Crippen molar-refractivity contribution < 1.29 is 72.2 Å². The molecule has 7 rings (SSSR count). The van der Waals surface area contributed by atoms with Crippen LogP contribution in [-0.2, 0) is 42.9 Å². The van der Waals surface area contributed by atoms with Crippen molar-refractivity contribution in [3.63, 3.8) is 0 Å². The molecular formula is C45H49NO15. The van der Waals surface area contributed by atoms with Crippen molar-refractivity contribution in [2.75, 3.05) is 6.61 Å². The predicted octanol–water partition coefficient (Wildman–Crippen LogP) is 3.33. The van der Waals surface area contributed by atoms with Gasteiger partial charge in [0.05, 0.1) is 41.9 Å². The lowest BCUT2D eigenvalue weighted by Gasteiger charge is -2.67. The summed E-state index contributed by atoms with van der Waals surface area (Å²) in [5.41, 5.74) is -7.37. The molecule has 3 aromatic rings. The lowest BCUT2D eigenvalue weighted by atomic mass is 9.44. The van der Waals surface area contributed by atoms with Crippen LogP contribution in [0.4, 0.5) is 0 Å². The van der Waals surface area contributed by atoms with E-state index in [0.29, 0.717) is 5.56 Å². The second-order valence-electron chi connectivity index (χ2n) is 17.0. The van der Waals surface area contributed by atoms with Crippen molar-refractivity contribution in [3.8, 4) is 0 Å². The number of fused-ring (bicyclic) bond motifs is 5. The lowest BCUT2D eigenvalue weighted by Crippen LogP contribution is -2.82. The molecule has 11 atom stereocenters. The lowest BCUT2D eigenvalue weighted by molar-refractivity contribution is -0.346. The fraction of sp³-hybridized carbons (Fsp3) is 0.467. The number of rotatable bonds is 10. The van der Waals surface area contributed by atoms with E-state index in [1.807, 2.05) is 0 Å². The van der Waals surface area contributed by atoms with E-state index in [0.717, 1.165) is 13.8 Å². The minimum absolute atomic E-state index is 0.0133. The first-order valence-corrected chi connectivity index (χ1v) is 20.0. The predicted molar refractivity (Wildman–Crippen MR) is 210 cm³/mol. The Morgan fingerprint density at radius 2 is 1.54 bits per heavy atom. The monoisotopic (exact) mass is 843 g/mol. The van der Waals surface area contributed by atoms with Gasteiger partial charge in [-0.2, -0.15) is 0 Å². The van der Waals surface area contributed by atoms with Gasteiger partial charge in [0.15, 0.2) is 29.4 Å². The maximum absolute atomic E-state index is 15.5. The quantitative estimate of drug-likeness (QED) is 0.130. The molecule has 1 aromatic heterocycles. The summed E-state index contributed by atoms with van der Waals surface area (Å²) in [6.07, 6.45) is -9.31. The number of ketones is 1. The summed E-state index contributed by atoms with van der Waals surface area (Å²) in [5, 5.41) is 40.0. The molecule has 0 radical (unpaired) electrons. The van der Waals surface area contributed by atoms with Gasteiger partial charge >= 0.3 is 23.9 Å². The Bertz CT molecular complexity index is 2240. The highest BCUT2D eigenvalue weighted by atomic mass is 16.6. The summed E-state index contributed by atoms with van der Waals surface area (Å²) in [4.78, 5) is 83.1. The van der Waals surface area contributed by atoms with E-state index in [9.17, 15) is 39.3 Å². The van der Waals surface area contributed by atoms with Crippen LogP contribution in [0.25, 0.3) is 0 Å². The summed E-state index contributed by atoms with van der Waals surface area (Å²) >= 11 is 0. The minimum Gasteiger partial charge on any atom is -0.459 e. The number of carbonyl (C=O) groups is 6. The van der Waals surface area contributed by atoms with Gasteiger partial charge in [0.25, 0.3) is 5.91 Å². The first-order chi connectivity index (χ1) is 28.8. The second-order valence-corrected chi connectivity index (χ2v) is 17.0. The van der Waals surface area contributed by atoms with Crippen LogP contribution >= 0.6 is 0 Å². The van der Waals surface area contributed by atoms with E-state index in [4.69, 9.17) is 28.1 Å². The number of esters is 4. The van der Waals surface area contributed by atoms with Crippen molar-refractivity contribution in [2.45, 2.75) is 108 Å². The molecule has 0 unspecified atom stereocenters. The van der Waals surface area contributed by atoms with Crippen molar-refractivity contribution >= 4 is 35.6 Å². The van der Waals surface area contributed by atoms with Crippen molar-refractivity contribution in [1.29, 1.82) is 0 Å². The smallest absolute Gasteiger partial charge is 0.338 e. The van der Waals surface area contributed by atoms with E-state index >= 15 is 4.79 Å². The first-order valence-electron chi connectivity index (χ1n) is 20.0. The maximum atomic E-state index is 15.5. The van der Waals surface area contributed by atoms with Gasteiger partial charge in [-0.15, -0.1) is 0 Å². The molecule has 1 amide bonds. The SMILES string of the molecule is CC(=O)O[C@H]1C(=O)[C@@]2(C)[C@H]([C@H](OC(=O)c3ccccc3)[C@@]3(O)C[C@@H](OC(=O)[C@H](O)[C@@H](NC(=O)c4ccco4)c4ccccc4)C(C)=C1C3(C)C)[C@]1(OC(C)=O)CO[C@H]1C[C@@H]2O. The Morgan fingerprint density at radius 3 is 2.11 bits per heavy atom. The zero-order valence-electron chi connectivity index (χ0n) is 34.5. The van der Waals surface area contributed by atoms with Gasteiger partial charge < -0.3 is 48.7 Å².